The highest BCUT2D eigenvalue weighted by atomic mass is 35.5. The molecule has 1 saturated heterocycles. The van der Waals surface area contributed by atoms with Crippen LogP contribution >= 0.6 is 22.9 Å². The minimum atomic E-state index is -3.48. The molecule has 156 valence electrons. The van der Waals surface area contributed by atoms with Gasteiger partial charge in [-0.3, -0.25) is 0 Å². The summed E-state index contributed by atoms with van der Waals surface area (Å²) in [6, 6.07) is 13.7. The van der Waals surface area contributed by atoms with Gasteiger partial charge in [-0.1, -0.05) is 41.5 Å². The van der Waals surface area contributed by atoms with Gasteiger partial charge in [-0.25, -0.2) is 13.4 Å². The lowest BCUT2D eigenvalue weighted by Crippen LogP contribution is -2.35. The van der Waals surface area contributed by atoms with Crippen LogP contribution in [0.4, 0.5) is 15.8 Å². The van der Waals surface area contributed by atoms with Gasteiger partial charge in [0.05, 0.1) is 10.6 Å². The molecule has 1 fully saturated rings. The van der Waals surface area contributed by atoms with Crippen LogP contribution in [0, 0.1) is 0 Å². The molecule has 0 radical (unpaired) electrons. The molecule has 0 saturated carbocycles. The average molecular weight is 462 g/mol. The number of hydrogen-bond acceptors (Lipinski definition) is 7. The lowest BCUT2D eigenvalue weighted by Gasteiger charge is -2.25. The number of rotatable bonds is 5. The van der Waals surface area contributed by atoms with E-state index in [-0.39, 0.29) is 4.90 Å². The molecule has 0 aliphatic carbocycles. The van der Waals surface area contributed by atoms with E-state index in [2.05, 4.69) is 15.2 Å². The molecule has 0 amide bonds. The number of nitrogens with zero attached hydrogens (tertiary/aromatic N) is 4. The fourth-order valence-electron chi connectivity index (χ4n) is 3.23. The minimum absolute atomic E-state index is 0.278. The van der Waals surface area contributed by atoms with Crippen molar-refractivity contribution in [1.82, 2.24) is 9.29 Å². The molecule has 0 bridgehead atoms. The van der Waals surface area contributed by atoms with Gasteiger partial charge in [0.25, 0.3) is 0 Å². The molecule has 0 spiro atoms. The van der Waals surface area contributed by atoms with Crippen molar-refractivity contribution >= 4 is 48.8 Å². The first-order chi connectivity index (χ1) is 14.4. The number of azo groups is 1. The number of thiazole rings is 1. The van der Waals surface area contributed by atoms with Crippen molar-refractivity contribution in [2.45, 2.75) is 24.2 Å². The number of aromatic nitrogens is 1. The molecule has 2 aromatic carbocycles. The number of nitrogen functional groups attached to an aromatic ring is 1. The highest BCUT2D eigenvalue weighted by Gasteiger charge is 2.26. The van der Waals surface area contributed by atoms with Crippen molar-refractivity contribution in [1.29, 1.82) is 0 Å². The summed E-state index contributed by atoms with van der Waals surface area (Å²) >= 11 is 7.11. The van der Waals surface area contributed by atoms with Crippen LogP contribution in [-0.4, -0.2) is 30.8 Å². The van der Waals surface area contributed by atoms with Gasteiger partial charge >= 0.3 is 0 Å². The Hall–Kier alpha value is -2.33. The Kier molecular flexibility index (Phi) is 6.14. The second kappa shape index (κ2) is 8.81. The monoisotopic (exact) mass is 461 g/mol. The SMILES string of the molecule is Nc1nc(-c2ccc(S(=O)(=O)N3CCCCC3)cc2)c(N=Nc2ccc(Cl)cc2)s1. The summed E-state index contributed by atoms with van der Waals surface area (Å²) in [6.07, 6.45) is 2.87. The Morgan fingerprint density at radius 1 is 0.967 bits per heavy atom. The highest BCUT2D eigenvalue weighted by Crippen LogP contribution is 2.38. The maximum atomic E-state index is 12.8. The Morgan fingerprint density at radius 3 is 2.30 bits per heavy atom. The zero-order valence-corrected chi connectivity index (χ0v) is 18.4. The van der Waals surface area contributed by atoms with Gasteiger partial charge in [-0.05, 0) is 49.2 Å². The van der Waals surface area contributed by atoms with E-state index < -0.39 is 10.0 Å². The van der Waals surface area contributed by atoms with Gasteiger partial charge in [0.15, 0.2) is 10.1 Å². The van der Waals surface area contributed by atoms with Crippen LogP contribution in [0.3, 0.4) is 0 Å². The van der Waals surface area contributed by atoms with E-state index in [9.17, 15) is 8.42 Å². The minimum Gasteiger partial charge on any atom is -0.375 e. The van der Waals surface area contributed by atoms with E-state index in [0.29, 0.717) is 39.6 Å². The van der Waals surface area contributed by atoms with Crippen molar-refractivity contribution in [2.75, 3.05) is 18.8 Å². The van der Waals surface area contributed by atoms with Crippen LogP contribution in [0.5, 0.6) is 0 Å². The third-order valence-corrected chi connectivity index (χ3v) is 7.72. The second-order valence-corrected chi connectivity index (χ2v) is 10.3. The average Bonchev–Trinajstić information content (AvgIpc) is 3.14. The maximum absolute atomic E-state index is 12.8. The maximum Gasteiger partial charge on any atom is 0.243 e. The predicted octanol–water partition coefficient (Wildman–Crippen LogP) is 5.64. The number of nitrogens with two attached hydrogens (primary N) is 1. The lowest BCUT2D eigenvalue weighted by molar-refractivity contribution is 0.346. The quantitative estimate of drug-likeness (QED) is 0.497. The molecular weight excluding hydrogens is 442 g/mol. The van der Waals surface area contributed by atoms with Gasteiger partial charge in [-0.15, -0.1) is 10.2 Å². The van der Waals surface area contributed by atoms with Crippen molar-refractivity contribution in [3.63, 3.8) is 0 Å². The third-order valence-electron chi connectivity index (χ3n) is 4.79. The molecule has 7 nitrogen and oxygen atoms in total. The summed E-state index contributed by atoms with van der Waals surface area (Å²) in [6.45, 7) is 1.14. The Balaban J connectivity index is 1.59. The van der Waals surface area contributed by atoms with Gasteiger partial charge in [0.1, 0.15) is 5.69 Å². The fourth-order valence-corrected chi connectivity index (χ4v) is 5.55. The number of benzene rings is 2. The summed E-state index contributed by atoms with van der Waals surface area (Å²) in [7, 11) is -3.48. The van der Waals surface area contributed by atoms with E-state index in [1.165, 1.54) is 11.3 Å². The first-order valence-electron chi connectivity index (χ1n) is 9.48. The molecule has 3 aromatic rings. The second-order valence-electron chi connectivity index (χ2n) is 6.87. The van der Waals surface area contributed by atoms with Crippen molar-refractivity contribution in [3.05, 3.63) is 53.6 Å². The molecule has 0 atom stereocenters. The van der Waals surface area contributed by atoms with E-state index in [1.54, 1.807) is 52.8 Å². The van der Waals surface area contributed by atoms with Crippen molar-refractivity contribution < 1.29 is 8.42 Å². The van der Waals surface area contributed by atoms with E-state index in [0.717, 1.165) is 24.8 Å². The van der Waals surface area contributed by atoms with Crippen LogP contribution in [0.2, 0.25) is 5.02 Å². The molecular formula is C20H20ClN5O2S2. The Bertz CT molecular complexity index is 1150. The normalized spacial score (nSPS) is 15.6. The molecule has 1 aromatic heterocycles. The predicted molar refractivity (Wildman–Crippen MR) is 120 cm³/mol. The van der Waals surface area contributed by atoms with Crippen LogP contribution in [0.1, 0.15) is 19.3 Å². The summed E-state index contributed by atoms with van der Waals surface area (Å²) in [4.78, 5) is 4.63. The summed E-state index contributed by atoms with van der Waals surface area (Å²) in [5.41, 5.74) is 7.84. The standard InChI is InChI=1S/C20H20ClN5O2S2/c21-15-6-8-16(9-7-15)24-25-19-18(23-20(22)29-19)14-4-10-17(11-5-14)30(27,28)26-12-2-1-3-13-26/h4-11H,1-3,12-13H2,(H2,22,23). The molecule has 1 aliphatic rings. The van der Waals surface area contributed by atoms with Crippen molar-refractivity contribution in [2.24, 2.45) is 10.2 Å². The van der Waals surface area contributed by atoms with Crippen LogP contribution in [0.15, 0.2) is 63.7 Å². The largest absolute Gasteiger partial charge is 0.375 e. The highest BCUT2D eigenvalue weighted by molar-refractivity contribution is 7.89. The molecule has 2 N–H and O–H groups in total. The number of anilines is 1. The zero-order chi connectivity index (χ0) is 21.1. The van der Waals surface area contributed by atoms with Gasteiger partial charge in [0, 0.05) is 23.7 Å². The van der Waals surface area contributed by atoms with E-state index >= 15 is 0 Å². The molecule has 0 unspecified atom stereocenters. The Morgan fingerprint density at radius 2 is 1.63 bits per heavy atom. The lowest BCUT2D eigenvalue weighted by atomic mass is 10.2. The van der Waals surface area contributed by atoms with Crippen LogP contribution < -0.4 is 5.73 Å². The van der Waals surface area contributed by atoms with Crippen molar-refractivity contribution in [3.8, 4) is 11.3 Å². The van der Waals surface area contributed by atoms with Gasteiger partial charge < -0.3 is 5.73 Å². The topological polar surface area (TPSA) is 101 Å². The molecule has 4 rings (SSSR count). The van der Waals surface area contributed by atoms with Gasteiger partial charge in [0.2, 0.25) is 10.0 Å². The third kappa shape index (κ3) is 4.54. The van der Waals surface area contributed by atoms with Gasteiger partial charge in [-0.2, -0.15) is 4.31 Å². The molecule has 10 heteroatoms. The summed E-state index contributed by atoms with van der Waals surface area (Å²) < 4.78 is 27.2. The van der Waals surface area contributed by atoms with Crippen LogP contribution in [-0.2, 0) is 10.0 Å². The summed E-state index contributed by atoms with van der Waals surface area (Å²) in [5.74, 6) is 0. The van der Waals surface area contributed by atoms with E-state index in [1.807, 2.05) is 0 Å². The first-order valence-corrected chi connectivity index (χ1v) is 12.1. The Labute approximate surface area is 184 Å². The smallest absolute Gasteiger partial charge is 0.243 e. The number of piperidine rings is 1. The molecule has 1 aliphatic heterocycles. The number of sulfonamides is 1. The van der Waals surface area contributed by atoms with Crippen LogP contribution in [0.25, 0.3) is 11.3 Å². The number of halogens is 1. The molecule has 30 heavy (non-hydrogen) atoms. The zero-order valence-electron chi connectivity index (χ0n) is 16.0. The first kappa shape index (κ1) is 20.9. The fraction of sp³-hybridized carbons (Fsp3) is 0.250. The summed E-state index contributed by atoms with van der Waals surface area (Å²) in [5, 5.41) is 10.0. The molecule has 2 heterocycles. The number of hydrogen-bond donors (Lipinski definition) is 1. The van der Waals surface area contributed by atoms with E-state index in [4.69, 9.17) is 17.3 Å².